The molecule has 0 spiro atoms. The number of nitrogens with two attached hydrogens (primary N) is 1. The fraction of sp³-hybridized carbons (Fsp3) is 0. The van der Waals surface area contributed by atoms with Crippen LogP contribution in [0.15, 0.2) is 22.7 Å². The molecule has 0 bridgehead atoms. The zero-order valence-electron chi connectivity index (χ0n) is 6.87. The van der Waals surface area contributed by atoms with E-state index in [0.29, 0.717) is 5.02 Å². The van der Waals surface area contributed by atoms with Gasteiger partial charge >= 0.3 is 0 Å². The Morgan fingerprint density at radius 2 is 2.21 bits per heavy atom. The molecule has 0 atom stereocenters. The molecule has 2 aromatic rings. The molecule has 1 heterocycles. The Hall–Kier alpha value is -0.650. The monoisotopic (exact) mass is 289 g/mol. The highest BCUT2D eigenvalue weighted by Crippen LogP contribution is 2.31. The molecule has 2 N–H and O–H groups in total. The average Bonchev–Trinajstić information content (AvgIpc) is 2.56. The predicted octanol–water partition coefficient (Wildman–Crippen LogP) is 3.20. The lowest BCUT2D eigenvalue weighted by Crippen LogP contribution is -1.86. The lowest BCUT2D eigenvalue weighted by molar-refractivity contribution is 1.34. The fourth-order valence-electron chi connectivity index (χ4n) is 1.01. The van der Waals surface area contributed by atoms with E-state index < -0.39 is 0 Å². The summed E-state index contributed by atoms with van der Waals surface area (Å²) in [6.45, 7) is 0. The third-order valence-corrected chi connectivity index (χ3v) is 3.29. The quantitative estimate of drug-likeness (QED) is 0.877. The summed E-state index contributed by atoms with van der Waals surface area (Å²) in [5.74, 6) is 0.289. The third kappa shape index (κ3) is 1.89. The summed E-state index contributed by atoms with van der Waals surface area (Å²) in [4.78, 5) is 4.08. The minimum atomic E-state index is 0.289. The zero-order chi connectivity index (χ0) is 10.1. The summed E-state index contributed by atoms with van der Waals surface area (Å²) in [6.07, 6.45) is 0. The summed E-state index contributed by atoms with van der Waals surface area (Å²) in [5, 5.41) is 1.42. The number of benzene rings is 1. The molecule has 0 saturated heterocycles. The number of rotatable bonds is 1. The molecule has 72 valence electrons. The maximum Gasteiger partial charge on any atom is 0.232 e. The molecule has 1 aromatic carbocycles. The van der Waals surface area contributed by atoms with Gasteiger partial charge in [0.05, 0.1) is 0 Å². The van der Waals surface area contributed by atoms with Crippen molar-refractivity contribution in [2.75, 3.05) is 5.73 Å². The first kappa shape index (κ1) is 9.89. The van der Waals surface area contributed by atoms with E-state index in [0.717, 1.165) is 15.0 Å². The number of aromatic nitrogens is 2. The molecule has 0 aliphatic carbocycles. The summed E-state index contributed by atoms with van der Waals surface area (Å²) in [6, 6.07) is 5.50. The van der Waals surface area contributed by atoms with Crippen LogP contribution in [0.3, 0.4) is 0 Å². The van der Waals surface area contributed by atoms with Crippen molar-refractivity contribution in [3.8, 4) is 10.6 Å². The molecule has 1 aromatic heterocycles. The van der Waals surface area contributed by atoms with E-state index >= 15 is 0 Å². The molecule has 2 rings (SSSR count). The fourth-order valence-corrected chi connectivity index (χ4v) is 2.37. The molecule has 0 amide bonds. The zero-order valence-corrected chi connectivity index (χ0v) is 10.0. The van der Waals surface area contributed by atoms with E-state index in [9.17, 15) is 0 Å². The Morgan fingerprint density at radius 3 is 2.86 bits per heavy atom. The van der Waals surface area contributed by atoms with Gasteiger partial charge < -0.3 is 5.73 Å². The van der Waals surface area contributed by atoms with E-state index in [2.05, 4.69) is 25.3 Å². The number of hydrogen-bond donors (Lipinski definition) is 1. The molecule has 0 saturated carbocycles. The molecule has 0 aliphatic rings. The Balaban J connectivity index is 2.55. The number of nitrogens with zero attached hydrogens (tertiary/aromatic N) is 2. The molecule has 0 radical (unpaired) electrons. The van der Waals surface area contributed by atoms with Crippen molar-refractivity contribution in [2.45, 2.75) is 0 Å². The van der Waals surface area contributed by atoms with Gasteiger partial charge in [-0.3, -0.25) is 0 Å². The van der Waals surface area contributed by atoms with Gasteiger partial charge in [0, 0.05) is 15.1 Å². The molecular formula is C8H5BrClN3S. The van der Waals surface area contributed by atoms with Crippen molar-refractivity contribution in [3.05, 3.63) is 27.7 Å². The highest BCUT2D eigenvalue weighted by molar-refractivity contribution is 9.10. The molecule has 0 fully saturated rings. The molecular weight excluding hydrogens is 286 g/mol. The second-order valence-electron chi connectivity index (χ2n) is 2.58. The van der Waals surface area contributed by atoms with Crippen molar-refractivity contribution < 1.29 is 0 Å². The van der Waals surface area contributed by atoms with Crippen molar-refractivity contribution in [1.82, 2.24) is 9.36 Å². The average molecular weight is 291 g/mol. The maximum absolute atomic E-state index is 5.88. The van der Waals surface area contributed by atoms with E-state index in [1.807, 2.05) is 12.1 Å². The van der Waals surface area contributed by atoms with Crippen molar-refractivity contribution in [2.24, 2.45) is 0 Å². The molecule has 14 heavy (non-hydrogen) atoms. The Labute approximate surface area is 98.2 Å². The number of nitrogen functional groups attached to an aromatic ring is 1. The van der Waals surface area contributed by atoms with Crippen LogP contribution >= 0.6 is 39.1 Å². The van der Waals surface area contributed by atoms with Crippen molar-refractivity contribution in [1.29, 1.82) is 0 Å². The van der Waals surface area contributed by atoms with Crippen LogP contribution in [0.4, 0.5) is 5.95 Å². The van der Waals surface area contributed by atoms with Crippen LogP contribution in [-0.2, 0) is 0 Å². The van der Waals surface area contributed by atoms with Gasteiger partial charge in [0.1, 0.15) is 5.01 Å². The van der Waals surface area contributed by atoms with Crippen LogP contribution in [0.1, 0.15) is 0 Å². The van der Waals surface area contributed by atoms with E-state index in [1.54, 1.807) is 6.07 Å². The normalized spacial score (nSPS) is 10.4. The minimum absolute atomic E-state index is 0.289. The van der Waals surface area contributed by atoms with E-state index in [1.165, 1.54) is 11.5 Å². The van der Waals surface area contributed by atoms with Crippen LogP contribution in [0.5, 0.6) is 0 Å². The molecule has 0 unspecified atom stereocenters. The number of anilines is 1. The Morgan fingerprint density at radius 1 is 1.43 bits per heavy atom. The molecule has 3 nitrogen and oxygen atoms in total. The van der Waals surface area contributed by atoms with Gasteiger partial charge in [-0.1, -0.05) is 27.5 Å². The number of hydrogen-bond acceptors (Lipinski definition) is 4. The SMILES string of the molecule is Nc1nsc(-c2cc(Cl)ccc2Br)n1. The first-order valence-electron chi connectivity index (χ1n) is 3.71. The largest absolute Gasteiger partial charge is 0.367 e. The first-order chi connectivity index (χ1) is 6.66. The third-order valence-electron chi connectivity index (χ3n) is 1.60. The lowest BCUT2D eigenvalue weighted by atomic mass is 10.2. The van der Waals surface area contributed by atoms with Gasteiger partial charge in [0.2, 0.25) is 5.95 Å². The summed E-state index contributed by atoms with van der Waals surface area (Å²) in [5.41, 5.74) is 6.35. The molecule has 6 heteroatoms. The van der Waals surface area contributed by atoms with Crippen molar-refractivity contribution >= 4 is 45.0 Å². The highest BCUT2D eigenvalue weighted by atomic mass is 79.9. The van der Waals surface area contributed by atoms with Crippen LogP contribution in [0, 0.1) is 0 Å². The highest BCUT2D eigenvalue weighted by Gasteiger charge is 2.08. The van der Waals surface area contributed by atoms with Gasteiger partial charge in [0.15, 0.2) is 0 Å². The summed E-state index contributed by atoms with van der Waals surface area (Å²) in [7, 11) is 0. The van der Waals surface area contributed by atoms with Gasteiger partial charge in [-0.2, -0.15) is 9.36 Å². The topological polar surface area (TPSA) is 51.8 Å². The van der Waals surface area contributed by atoms with Crippen LogP contribution < -0.4 is 5.73 Å². The second kappa shape index (κ2) is 3.84. The second-order valence-corrected chi connectivity index (χ2v) is 4.62. The molecule has 0 aliphatic heterocycles. The smallest absolute Gasteiger partial charge is 0.232 e. The Kier molecular flexibility index (Phi) is 2.71. The van der Waals surface area contributed by atoms with Crippen LogP contribution in [-0.4, -0.2) is 9.36 Å². The van der Waals surface area contributed by atoms with Gasteiger partial charge in [0.25, 0.3) is 0 Å². The van der Waals surface area contributed by atoms with Crippen LogP contribution in [0.2, 0.25) is 5.02 Å². The standard InChI is InChI=1S/C8H5BrClN3S/c9-6-2-1-4(10)3-5(6)7-12-8(11)13-14-7/h1-3H,(H2,11,13). The van der Waals surface area contributed by atoms with Gasteiger partial charge in [-0.15, -0.1) is 0 Å². The summed E-state index contributed by atoms with van der Waals surface area (Å²) >= 11 is 10.5. The first-order valence-corrected chi connectivity index (χ1v) is 5.66. The van der Waals surface area contributed by atoms with Crippen molar-refractivity contribution in [3.63, 3.8) is 0 Å². The van der Waals surface area contributed by atoms with Gasteiger partial charge in [-0.05, 0) is 29.7 Å². The van der Waals surface area contributed by atoms with E-state index in [-0.39, 0.29) is 5.95 Å². The Bertz CT molecular complexity index is 471. The minimum Gasteiger partial charge on any atom is -0.367 e. The van der Waals surface area contributed by atoms with Gasteiger partial charge in [-0.25, -0.2) is 0 Å². The van der Waals surface area contributed by atoms with E-state index in [4.69, 9.17) is 17.3 Å². The summed E-state index contributed by atoms with van der Waals surface area (Å²) < 4.78 is 4.84. The van der Waals surface area contributed by atoms with Crippen LogP contribution in [0.25, 0.3) is 10.6 Å². The maximum atomic E-state index is 5.88. The number of halogens is 2. The predicted molar refractivity (Wildman–Crippen MR) is 62.5 cm³/mol. The lowest BCUT2D eigenvalue weighted by Gasteiger charge is -1.99.